The molecule has 2 N–H and O–H groups in total. The van der Waals surface area contributed by atoms with Gasteiger partial charge in [-0.15, -0.1) is 0 Å². The van der Waals surface area contributed by atoms with Gasteiger partial charge in [0.05, 0.1) is 24.8 Å². The molecule has 0 saturated carbocycles. The lowest BCUT2D eigenvalue weighted by Gasteiger charge is -2.10. The number of methoxy groups -OCH3 is 1. The van der Waals surface area contributed by atoms with Gasteiger partial charge in [0, 0.05) is 28.7 Å². The first-order valence-corrected chi connectivity index (χ1v) is 9.02. The van der Waals surface area contributed by atoms with E-state index in [0.717, 1.165) is 33.2 Å². The van der Waals surface area contributed by atoms with Gasteiger partial charge >= 0.3 is 0 Å². The molecule has 0 bridgehead atoms. The average Bonchev–Trinajstić information content (AvgIpc) is 3.25. The third kappa shape index (κ3) is 3.68. The molecule has 28 heavy (non-hydrogen) atoms. The van der Waals surface area contributed by atoms with Crippen molar-refractivity contribution in [3.8, 4) is 16.9 Å². The molecule has 0 atom stereocenters. The number of hydrogen-bond acceptors (Lipinski definition) is 4. The Bertz CT molecular complexity index is 1130. The Morgan fingerprint density at radius 3 is 2.68 bits per heavy atom. The molecule has 0 saturated heterocycles. The molecule has 4 aromatic rings. The highest BCUT2D eigenvalue weighted by Gasteiger charge is 2.12. The second kappa shape index (κ2) is 7.70. The van der Waals surface area contributed by atoms with E-state index < -0.39 is 0 Å². The minimum atomic E-state index is -0.190. The van der Waals surface area contributed by atoms with Crippen molar-refractivity contribution < 1.29 is 9.53 Å². The molecule has 1 amide bonds. The van der Waals surface area contributed by atoms with Crippen LogP contribution in [0.3, 0.4) is 0 Å². The number of nitrogens with zero attached hydrogens (tertiary/aromatic N) is 2. The van der Waals surface area contributed by atoms with Crippen molar-refractivity contribution in [2.24, 2.45) is 0 Å². The summed E-state index contributed by atoms with van der Waals surface area (Å²) in [6.07, 6.45) is 5.47. The van der Waals surface area contributed by atoms with Gasteiger partial charge in [-0.3, -0.25) is 9.89 Å². The number of carbonyl (C=O) groups excluding carboxylic acids is 1. The van der Waals surface area contributed by atoms with Crippen LogP contribution in [0.4, 0.5) is 5.82 Å². The second-order valence-electron chi connectivity index (χ2n) is 6.28. The average molecular weight is 393 g/mol. The summed E-state index contributed by atoms with van der Waals surface area (Å²) in [6, 6.07) is 13.2. The smallest absolute Gasteiger partial charge is 0.229 e. The lowest BCUT2D eigenvalue weighted by atomic mass is 10.0. The van der Waals surface area contributed by atoms with Gasteiger partial charge in [0.15, 0.2) is 5.82 Å². The number of benzene rings is 2. The summed E-state index contributed by atoms with van der Waals surface area (Å²) < 4.78 is 5.13. The predicted octanol–water partition coefficient (Wildman–Crippen LogP) is 4.47. The number of aromatic nitrogens is 3. The Hall–Kier alpha value is -3.38. The van der Waals surface area contributed by atoms with E-state index in [1.54, 1.807) is 19.5 Å². The molecular formula is C21H17ClN4O2. The zero-order chi connectivity index (χ0) is 19.5. The number of amides is 1. The summed E-state index contributed by atoms with van der Waals surface area (Å²) in [6.45, 7) is 0. The van der Waals surface area contributed by atoms with Crippen molar-refractivity contribution in [3.63, 3.8) is 0 Å². The number of ether oxygens (including phenoxy) is 1. The maximum Gasteiger partial charge on any atom is 0.229 e. The highest BCUT2D eigenvalue weighted by Crippen LogP contribution is 2.32. The highest BCUT2D eigenvalue weighted by atomic mass is 35.5. The van der Waals surface area contributed by atoms with Gasteiger partial charge in [-0.05, 0) is 29.3 Å². The first-order valence-electron chi connectivity index (χ1n) is 8.64. The number of nitrogens with one attached hydrogen (secondary N) is 2. The van der Waals surface area contributed by atoms with Crippen molar-refractivity contribution in [3.05, 3.63) is 71.6 Å². The van der Waals surface area contributed by atoms with Gasteiger partial charge in [0.1, 0.15) is 5.75 Å². The number of fused-ring (bicyclic) bond motifs is 1. The molecule has 7 heteroatoms. The molecule has 0 aliphatic carbocycles. The summed E-state index contributed by atoms with van der Waals surface area (Å²) in [7, 11) is 1.60. The van der Waals surface area contributed by atoms with E-state index in [1.807, 2.05) is 48.7 Å². The van der Waals surface area contributed by atoms with Crippen molar-refractivity contribution in [1.82, 2.24) is 15.2 Å². The van der Waals surface area contributed by atoms with E-state index in [-0.39, 0.29) is 12.3 Å². The largest absolute Gasteiger partial charge is 0.497 e. The maximum atomic E-state index is 12.4. The van der Waals surface area contributed by atoms with Crippen LogP contribution in [0.5, 0.6) is 5.75 Å². The minimum Gasteiger partial charge on any atom is -0.497 e. The molecular weight excluding hydrogens is 376 g/mol. The molecule has 0 aliphatic heterocycles. The van der Waals surface area contributed by atoms with Crippen molar-refractivity contribution in [1.29, 1.82) is 0 Å². The van der Waals surface area contributed by atoms with Crippen LogP contribution in [0.25, 0.3) is 21.9 Å². The topological polar surface area (TPSA) is 79.9 Å². The van der Waals surface area contributed by atoms with Crippen molar-refractivity contribution in [2.45, 2.75) is 6.42 Å². The molecule has 0 fully saturated rings. The van der Waals surface area contributed by atoms with Crippen LogP contribution in [0.15, 0.2) is 61.1 Å². The number of aromatic amines is 1. The number of carbonyl (C=O) groups is 1. The number of pyridine rings is 1. The van der Waals surface area contributed by atoms with Gasteiger partial charge in [-0.25, -0.2) is 4.98 Å². The van der Waals surface area contributed by atoms with Crippen LogP contribution >= 0.6 is 11.6 Å². The van der Waals surface area contributed by atoms with Crippen LogP contribution in [-0.4, -0.2) is 28.2 Å². The summed E-state index contributed by atoms with van der Waals surface area (Å²) >= 11 is 6.54. The molecule has 2 aromatic carbocycles. The Morgan fingerprint density at radius 1 is 1.14 bits per heavy atom. The molecule has 0 aliphatic rings. The number of rotatable bonds is 5. The Kier molecular flexibility index (Phi) is 4.95. The van der Waals surface area contributed by atoms with E-state index in [2.05, 4.69) is 20.5 Å². The number of hydrogen-bond donors (Lipinski definition) is 2. The quantitative estimate of drug-likeness (QED) is 0.525. The van der Waals surface area contributed by atoms with Crippen molar-refractivity contribution in [2.75, 3.05) is 12.4 Å². The molecule has 2 heterocycles. The number of H-pyrrole nitrogens is 1. The molecule has 140 valence electrons. The normalized spacial score (nSPS) is 10.8. The molecule has 0 unspecified atom stereocenters. The van der Waals surface area contributed by atoms with E-state index in [4.69, 9.17) is 16.3 Å². The van der Waals surface area contributed by atoms with Gasteiger partial charge in [-0.2, -0.15) is 5.10 Å². The monoisotopic (exact) mass is 392 g/mol. The van der Waals surface area contributed by atoms with E-state index in [9.17, 15) is 4.79 Å². The van der Waals surface area contributed by atoms with Gasteiger partial charge < -0.3 is 10.1 Å². The lowest BCUT2D eigenvalue weighted by Crippen LogP contribution is -2.15. The fraction of sp³-hybridized carbons (Fsp3) is 0.0952. The van der Waals surface area contributed by atoms with Crippen LogP contribution in [0.2, 0.25) is 5.02 Å². The van der Waals surface area contributed by atoms with Crippen LogP contribution in [0, 0.1) is 0 Å². The Balaban J connectivity index is 1.57. The Labute approximate surface area is 166 Å². The van der Waals surface area contributed by atoms with E-state index in [0.29, 0.717) is 10.8 Å². The van der Waals surface area contributed by atoms with Crippen molar-refractivity contribution >= 4 is 34.1 Å². The standard InChI is InChI=1S/C21H17ClN4O2/c1-28-17-6-2-13(3-7-17)8-19(27)26-21-20(22)18-9-14(16-11-24-25-12-16)4-5-15(18)10-23-21/h2-7,9-12H,8H2,1H3,(H,24,25)(H,23,26,27). The van der Waals surface area contributed by atoms with Gasteiger partial charge in [0.25, 0.3) is 0 Å². The number of anilines is 1. The highest BCUT2D eigenvalue weighted by molar-refractivity contribution is 6.38. The maximum absolute atomic E-state index is 12.4. The molecule has 0 radical (unpaired) electrons. The summed E-state index contributed by atoms with van der Waals surface area (Å²) in [5.74, 6) is 0.902. The number of halogens is 1. The van der Waals surface area contributed by atoms with Gasteiger partial charge in [0.2, 0.25) is 5.91 Å². The SMILES string of the molecule is COc1ccc(CC(=O)Nc2ncc3ccc(-c4cn[nH]c4)cc3c2Cl)cc1. The predicted molar refractivity (Wildman–Crippen MR) is 110 cm³/mol. The first-order chi connectivity index (χ1) is 13.6. The molecule has 4 rings (SSSR count). The minimum absolute atomic E-state index is 0.190. The molecule has 6 nitrogen and oxygen atoms in total. The zero-order valence-electron chi connectivity index (χ0n) is 15.1. The third-order valence-electron chi connectivity index (χ3n) is 4.44. The fourth-order valence-electron chi connectivity index (χ4n) is 2.96. The lowest BCUT2D eigenvalue weighted by molar-refractivity contribution is -0.115. The summed E-state index contributed by atoms with van der Waals surface area (Å²) in [5, 5.41) is 11.7. The van der Waals surface area contributed by atoms with E-state index in [1.165, 1.54) is 0 Å². The molecule has 2 aromatic heterocycles. The summed E-state index contributed by atoms with van der Waals surface area (Å²) in [4.78, 5) is 16.7. The zero-order valence-corrected chi connectivity index (χ0v) is 15.8. The van der Waals surface area contributed by atoms with Crippen LogP contribution in [0.1, 0.15) is 5.56 Å². The third-order valence-corrected chi connectivity index (χ3v) is 4.83. The summed E-state index contributed by atoms with van der Waals surface area (Å²) in [5.41, 5.74) is 2.81. The fourth-order valence-corrected chi connectivity index (χ4v) is 3.22. The van der Waals surface area contributed by atoms with Crippen LogP contribution in [-0.2, 0) is 11.2 Å². The Morgan fingerprint density at radius 2 is 1.96 bits per heavy atom. The van der Waals surface area contributed by atoms with E-state index >= 15 is 0 Å². The first kappa shape index (κ1) is 18.0. The van der Waals surface area contributed by atoms with Crippen LogP contribution < -0.4 is 10.1 Å². The van der Waals surface area contributed by atoms with Gasteiger partial charge in [-0.1, -0.05) is 35.9 Å². The second-order valence-corrected chi connectivity index (χ2v) is 6.66. The molecule has 0 spiro atoms.